The second-order valence-corrected chi connectivity index (χ2v) is 6.26. The van der Waals surface area contributed by atoms with Crippen LogP contribution < -0.4 is 0 Å². The molecule has 1 aromatic rings. The first-order valence-corrected chi connectivity index (χ1v) is 6.62. The van der Waals surface area contributed by atoms with Gasteiger partial charge in [-0.15, -0.1) is 11.3 Å². The molecule has 2 rings (SSSR count). The third-order valence-corrected chi connectivity index (χ3v) is 4.29. The summed E-state index contributed by atoms with van der Waals surface area (Å²) < 4.78 is 11.7. The van der Waals surface area contributed by atoms with Gasteiger partial charge in [-0.2, -0.15) is 0 Å². The highest BCUT2D eigenvalue weighted by Crippen LogP contribution is 2.37. The van der Waals surface area contributed by atoms with E-state index in [1.807, 2.05) is 27.7 Å². The topological polar surface area (TPSA) is 68.7 Å². The summed E-state index contributed by atoms with van der Waals surface area (Å²) in [4.78, 5) is 14.8. The number of carboxylic acid groups (broad SMARTS) is 1. The lowest BCUT2D eigenvalue weighted by Gasteiger charge is -2.32. The predicted octanol–water partition coefficient (Wildman–Crippen LogP) is 2.02. The lowest BCUT2D eigenvalue weighted by Crippen LogP contribution is -2.41. The van der Waals surface area contributed by atoms with Crippen LogP contribution in [0.15, 0.2) is 5.38 Å². The molecule has 1 aliphatic heterocycles. The zero-order valence-corrected chi connectivity index (χ0v) is 11.7. The minimum Gasteiger partial charge on any atom is -0.476 e. The van der Waals surface area contributed by atoms with Crippen molar-refractivity contribution in [2.45, 2.75) is 45.2 Å². The predicted molar refractivity (Wildman–Crippen MR) is 68.9 cm³/mol. The molecule has 0 spiro atoms. The average Bonchev–Trinajstić information content (AvgIpc) is 2.70. The lowest BCUT2D eigenvalue weighted by molar-refractivity contribution is 0.00578. The SMILES string of the molecule is CC1(C)OB(Cc2nc(C(=O)O)cs2)OC1(C)C. The molecule has 5 nitrogen and oxygen atoms in total. The quantitative estimate of drug-likeness (QED) is 0.850. The van der Waals surface area contributed by atoms with Crippen LogP contribution in [0.1, 0.15) is 43.2 Å². The fourth-order valence-corrected chi connectivity index (χ4v) is 2.48. The van der Waals surface area contributed by atoms with E-state index >= 15 is 0 Å². The smallest absolute Gasteiger partial charge is 0.464 e. The van der Waals surface area contributed by atoms with Crippen LogP contribution in [-0.2, 0) is 15.6 Å². The Bertz CT molecular complexity index is 455. The first-order chi connectivity index (χ1) is 8.21. The normalized spacial score (nSPS) is 21.2. The molecule has 2 heterocycles. The molecule has 1 aliphatic rings. The van der Waals surface area contributed by atoms with E-state index in [1.54, 1.807) is 0 Å². The summed E-state index contributed by atoms with van der Waals surface area (Å²) in [6.45, 7) is 7.93. The molecule has 0 aromatic carbocycles. The number of aromatic nitrogens is 1. The Labute approximate surface area is 110 Å². The van der Waals surface area contributed by atoms with Crippen molar-refractivity contribution in [3.63, 3.8) is 0 Å². The van der Waals surface area contributed by atoms with Gasteiger partial charge in [-0.3, -0.25) is 0 Å². The molecule has 7 heteroatoms. The molecule has 0 atom stereocenters. The Kier molecular flexibility index (Phi) is 3.25. The van der Waals surface area contributed by atoms with Crippen molar-refractivity contribution in [3.8, 4) is 0 Å². The van der Waals surface area contributed by atoms with E-state index in [4.69, 9.17) is 14.4 Å². The van der Waals surface area contributed by atoms with Crippen molar-refractivity contribution in [1.29, 1.82) is 0 Å². The van der Waals surface area contributed by atoms with Gasteiger partial charge in [-0.1, -0.05) is 0 Å². The molecule has 0 aliphatic carbocycles. The van der Waals surface area contributed by atoms with Crippen LogP contribution >= 0.6 is 11.3 Å². The fourth-order valence-electron chi connectivity index (χ4n) is 1.69. The number of aromatic carboxylic acids is 1. The number of carboxylic acids is 1. The number of hydrogen-bond donors (Lipinski definition) is 1. The highest BCUT2D eigenvalue weighted by Gasteiger charge is 2.51. The maximum absolute atomic E-state index is 10.7. The number of hydrogen-bond acceptors (Lipinski definition) is 5. The maximum Gasteiger partial charge on any atom is 0.464 e. The van der Waals surface area contributed by atoms with Crippen molar-refractivity contribution in [1.82, 2.24) is 4.98 Å². The molecule has 0 bridgehead atoms. The Balaban J connectivity index is 2.05. The van der Waals surface area contributed by atoms with Crippen LogP contribution in [0.25, 0.3) is 0 Å². The summed E-state index contributed by atoms with van der Waals surface area (Å²) in [7, 11) is -0.372. The molecule has 0 amide bonds. The van der Waals surface area contributed by atoms with Gasteiger partial charge in [0.2, 0.25) is 0 Å². The fraction of sp³-hybridized carbons (Fsp3) is 0.636. The molecule has 98 valence electrons. The number of thiazole rings is 1. The third kappa shape index (κ3) is 2.43. The van der Waals surface area contributed by atoms with Gasteiger partial charge < -0.3 is 14.4 Å². The summed E-state index contributed by atoms with van der Waals surface area (Å²) in [6.07, 6.45) is 0.477. The van der Waals surface area contributed by atoms with Crippen LogP contribution in [-0.4, -0.2) is 34.4 Å². The van der Waals surface area contributed by atoms with E-state index in [2.05, 4.69) is 4.98 Å². The van der Waals surface area contributed by atoms with Crippen LogP contribution in [0.2, 0.25) is 0 Å². The van der Waals surface area contributed by atoms with Gasteiger partial charge in [0, 0.05) is 11.7 Å². The molecule has 1 fully saturated rings. The zero-order valence-electron chi connectivity index (χ0n) is 10.9. The summed E-state index contributed by atoms with van der Waals surface area (Å²) in [6, 6.07) is 0. The molecule has 0 radical (unpaired) electrons. The van der Waals surface area contributed by atoms with Crippen LogP contribution in [0.4, 0.5) is 0 Å². The van der Waals surface area contributed by atoms with Gasteiger partial charge >= 0.3 is 13.1 Å². The van der Waals surface area contributed by atoms with Gasteiger partial charge in [0.05, 0.1) is 16.2 Å². The van der Waals surface area contributed by atoms with Crippen LogP contribution in [0.3, 0.4) is 0 Å². The molecular weight excluding hydrogens is 253 g/mol. The van der Waals surface area contributed by atoms with Crippen molar-refractivity contribution < 1.29 is 19.2 Å². The summed E-state index contributed by atoms with van der Waals surface area (Å²) in [5.74, 6) is -1.01. The van der Waals surface area contributed by atoms with E-state index in [1.165, 1.54) is 16.7 Å². The van der Waals surface area contributed by atoms with Crippen molar-refractivity contribution in [2.75, 3.05) is 0 Å². The van der Waals surface area contributed by atoms with Gasteiger partial charge in [0.1, 0.15) is 0 Å². The molecule has 18 heavy (non-hydrogen) atoms. The van der Waals surface area contributed by atoms with Crippen LogP contribution in [0.5, 0.6) is 0 Å². The third-order valence-electron chi connectivity index (χ3n) is 3.41. The Morgan fingerprint density at radius 2 is 1.94 bits per heavy atom. The standard InChI is InChI=1S/C11H16BNO4S/c1-10(2)11(3,4)17-12(16-10)5-8-13-7(6-18-8)9(14)15/h6H,5H2,1-4H3,(H,14,15). The minimum atomic E-state index is -1.01. The maximum atomic E-state index is 10.7. The Morgan fingerprint density at radius 1 is 1.39 bits per heavy atom. The van der Waals surface area contributed by atoms with Gasteiger partial charge in [-0.05, 0) is 27.7 Å². The van der Waals surface area contributed by atoms with Gasteiger partial charge in [0.25, 0.3) is 0 Å². The highest BCUT2D eigenvalue weighted by atomic mass is 32.1. The number of nitrogens with zero attached hydrogens (tertiary/aromatic N) is 1. The van der Waals surface area contributed by atoms with E-state index in [0.29, 0.717) is 11.3 Å². The van der Waals surface area contributed by atoms with E-state index < -0.39 is 5.97 Å². The second kappa shape index (κ2) is 4.33. The highest BCUT2D eigenvalue weighted by molar-refractivity contribution is 7.10. The van der Waals surface area contributed by atoms with Crippen LogP contribution in [0, 0.1) is 0 Å². The first kappa shape index (κ1) is 13.5. The zero-order chi connectivity index (χ0) is 13.6. The first-order valence-electron chi connectivity index (χ1n) is 5.74. The Hall–Kier alpha value is -0.915. The molecule has 0 saturated carbocycles. The van der Waals surface area contributed by atoms with Crippen molar-refractivity contribution in [3.05, 3.63) is 16.1 Å². The van der Waals surface area contributed by atoms with E-state index in [0.717, 1.165) is 0 Å². The molecule has 1 N–H and O–H groups in total. The minimum absolute atomic E-state index is 0.0755. The summed E-state index contributed by atoms with van der Waals surface area (Å²) >= 11 is 1.31. The summed E-state index contributed by atoms with van der Waals surface area (Å²) in [5, 5.41) is 11.1. The second-order valence-electron chi connectivity index (χ2n) is 5.32. The monoisotopic (exact) mass is 269 g/mol. The van der Waals surface area contributed by atoms with Crippen molar-refractivity contribution >= 4 is 24.4 Å². The van der Waals surface area contributed by atoms with Gasteiger partial charge in [0.15, 0.2) is 5.69 Å². The molecule has 0 unspecified atom stereocenters. The molecule has 1 aromatic heterocycles. The number of rotatable bonds is 3. The molecular formula is C11H16BNO4S. The largest absolute Gasteiger partial charge is 0.476 e. The van der Waals surface area contributed by atoms with Gasteiger partial charge in [-0.25, -0.2) is 9.78 Å². The lowest BCUT2D eigenvalue weighted by atomic mass is 9.85. The van der Waals surface area contributed by atoms with E-state index in [-0.39, 0.29) is 24.0 Å². The Morgan fingerprint density at radius 3 is 2.39 bits per heavy atom. The number of carbonyl (C=O) groups is 1. The average molecular weight is 269 g/mol. The van der Waals surface area contributed by atoms with Crippen molar-refractivity contribution in [2.24, 2.45) is 0 Å². The van der Waals surface area contributed by atoms with E-state index in [9.17, 15) is 4.79 Å². The summed E-state index contributed by atoms with van der Waals surface area (Å²) in [5.41, 5.74) is -0.665. The molecule has 1 saturated heterocycles.